The number of likely N-dealkylation sites (tertiary alicyclic amines) is 1. The van der Waals surface area contributed by atoms with Gasteiger partial charge in [-0.15, -0.1) is 0 Å². The Labute approximate surface area is 127 Å². The predicted molar refractivity (Wildman–Crippen MR) is 80.9 cm³/mol. The minimum Gasteiger partial charge on any atom is -0.496 e. The summed E-state index contributed by atoms with van der Waals surface area (Å²) >= 11 is 3.43. The molecular weight excluding hydrogens is 322 g/mol. The van der Waals surface area contributed by atoms with E-state index in [4.69, 9.17) is 4.74 Å². The van der Waals surface area contributed by atoms with Gasteiger partial charge in [0.25, 0.3) is 0 Å². The van der Waals surface area contributed by atoms with Crippen molar-refractivity contribution in [2.75, 3.05) is 13.7 Å². The molecule has 1 aliphatic heterocycles. The number of carbonyl (C=O) groups is 1. The first-order valence-electron chi connectivity index (χ1n) is 6.82. The number of nitrogens with zero attached hydrogens (tertiary/aromatic N) is 1. The molecule has 0 aliphatic carbocycles. The van der Waals surface area contributed by atoms with E-state index in [1.807, 2.05) is 25.1 Å². The molecule has 0 amide bonds. The van der Waals surface area contributed by atoms with Crippen LogP contribution in [0.3, 0.4) is 0 Å². The van der Waals surface area contributed by atoms with Crippen LogP contribution < -0.4 is 4.74 Å². The number of aliphatic carboxylic acids is 1. The summed E-state index contributed by atoms with van der Waals surface area (Å²) in [5.41, 5.74) is 1.09. The fourth-order valence-electron chi connectivity index (χ4n) is 2.83. The van der Waals surface area contributed by atoms with Crippen LogP contribution in [0.15, 0.2) is 22.7 Å². The maximum Gasteiger partial charge on any atom is 0.308 e. The minimum absolute atomic E-state index is 0.0506. The Balaban J connectivity index is 2.15. The van der Waals surface area contributed by atoms with E-state index in [1.165, 1.54) is 0 Å². The first-order chi connectivity index (χ1) is 9.52. The van der Waals surface area contributed by atoms with Crippen LogP contribution in [-0.4, -0.2) is 35.7 Å². The van der Waals surface area contributed by atoms with Crippen LogP contribution in [0.25, 0.3) is 0 Å². The van der Waals surface area contributed by atoms with E-state index < -0.39 is 5.97 Å². The fraction of sp³-hybridized carbons (Fsp3) is 0.533. The van der Waals surface area contributed by atoms with Gasteiger partial charge in [-0.1, -0.05) is 22.0 Å². The third kappa shape index (κ3) is 3.33. The molecule has 5 heteroatoms. The van der Waals surface area contributed by atoms with Gasteiger partial charge in [-0.05, 0) is 38.4 Å². The van der Waals surface area contributed by atoms with Crippen LogP contribution in [0.1, 0.15) is 25.3 Å². The van der Waals surface area contributed by atoms with E-state index in [1.54, 1.807) is 7.11 Å². The number of benzene rings is 1. The summed E-state index contributed by atoms with van der Waals surface area (Å²) in [6.07, 6.45) is 1.70. The maximum absolute atomic E-state index is 11.3. The summed E-state index contributed by atoms with van der Waals surface area (Å²) in [5, 5.41) is 9.27. The van der Waals surface area contributed by atoms with Crippen LogP contribution in [0.5, 0.6) is 5.75 Å². The van der Waals surface area contributed by atoms with Crippen molar-refractivity contribution in [3.8, 4) is 5.75 Å². The monoisotopic (exact) mass is 341 g/mol. The molecule has 1 saturated heterocycles. The van der Waals surface area contributed by atoms with Crippen molar-refractivity contribution >= 4 is 21.9 Å². The Kier molecular flexibility index (Phi) is 5.05. The van der Waals surface area contributed by atoms with Crippen LogP contribution in [-0.2, 0) is 11.3 Å². The molecule has 0 bridgehead atoms. The molecule has 2 rings (SSSR count). The van der Waals surface area contributed by atoms with E-state index in [0.717, 1.165) is 41.7 Å². The summed E-state index contributed by atoms with van der Waals surface area (Å²) in [6, 6.07) is 6.01. The van der Waals surface area contributed by atoms with Crippen molar-refractivity contribution in [3.63, 3.8) is 0 Å². The molecule has 20 heavy (non-hydrogen) atoms. The zero-order valence-electron chi connectivity index (χ0n) is 11.8. The maximum atomic E-state index is 11.3. The van der Waals surface area contributed by atoms with Gasteiger partial charge >= 0.3 is 5.97 Å². The number of carboxylic acid groups (broad SMARTS) is 1. The van der Waals surface area contributed by atoms with Crippen LogP contribution in [0.4, 0.5) is 0 Å². The normalized spacial score (nSPS) is 23.6. The fourth-order valence-corrected chi connectivity index (χ4v) is 3.17. The van der Waals surface area contributed by atoms with E-state index in [0.29, 0.717) is 0 Å². The van der Waals surface area contributed by atoms with Crippen molar-refractivity contribution in [2.45, 2.75) is 32.4 Å². The molecule has 2 atom stereocenters. The standard InChI is InChI=1S/C15H20BrNO3/c1-10-13(15(18)19)4-3-7-17(10)9-11-5-6-12(16)8-14(11)20-2/h5-6,8,10,13H,3-4,7,9H2,1-2H3,(H,18,19)/t10-,13-/m0/s1. The Morgan fingerprint density at radius 2 is 2.30 bits per heavy atom. The van der Waals surface area contributed by atoms with Crippen molar-refractivity contribution in [1.29, 1.82) is 0 Å². The van der Waals surface area contributed by atoms with Gasteiger partial charge in [0.2, 0.25) is 0 Å². The second-order valence-electron chi connectivity index (χ2n) is 5.25. The van der Waals surface area contributed by atoms with Gasteiger partial charge in [0.05, 0.1) is 13.0 Å². The molecule has 110 valence electrons. The number of hydrogen-bond donors (Lipinski definition) is 1. The molecule has 0 saturated carbocycles. The lowest BCUT2D eigenvalue weighted by Crippen LogP contribution is -2.45. The molecule has 1 heterocycles. The molecule has 1 N–H and O–H groups in total. The second-order valence-corrected chi connectivity index (χ2v) is 6.17. The first kappa shape index (κ1) is 15.3. The average Bonchev–Trinajstić information content (AvgIpc) is 2.42. The number of ether oxygens (including phenoxy) is 1. The summed E-state index contributed by atoms with van der Waals surface area (Å²) in [6.45, 7) is 3.66. The number of hydrogen-bond acceptors (Lipinski definition) is 3. The number of piperidine rings is 1. The van der Waals surface area contributed by atoms with Gasteiger partial charge in [-0.3, -0.25) is 9.69 Å². The molecule has 1 fully saturated rings. The van der Waals surface area contributed by atoms with Crippen LogP contribution in [0, 0.1) is 5.92 Å². The van der Waals surface area contributed by atoms with Gasteiger partial charge in [0.15, 0.2) is 0 Å². The smallest absolute Gasteiger partial charge is 0.308 e. The number of rotatable bonds is 4. The van der Waals surface area contributed by atoms with E-state index >= 15 is 0 Å². The van der Waals surface area contributed by atoms with Gasteiger partial charge in [0, 0.05) is 22.6 Å². The van der Waals surface area contributed by atoms with Crippen molar-refractivity contribution < 1.29 is 14.6 Å². The molecule has 0 aromatic heterocycles. The van der Waals surface area contributed by atoms with Crippen LogP contribution in [0.2, 0.25) is 0 Å². The molecule has 4 nitrogen and oxygen atoms in total. The van der Waals surface area contributed by atoms with E-state index in [9.17, 15) is 9.90 Å². The summed E-state index contributed by atoms with van der Waals surface area (Å²) in [5.74, 6) is -0.126. The Morgan fingerprint density at radius 3 is 2.95 bits per heavy atom. The lowest BCUT2D eigenvalue weighted by Gasteiger charge is -2.37. The molecule has 0 unspecified atom stereocenters. The number of methoxy groups -OCH3 is 1. The average molecular weight is 342 g/mol. The lowest BCUT2D eigenvalue weighted by molar-refractivity contribution is -0.145. The topological polar surface area (TPSA) is 49.8 Å². The highest BCUT2D eigenvalue weighted by atomic mass is 79.9. The van der Waals surface area contributed by atoms with Crippen molar-refractivity contribution in [3.05, 3.63) is 28.2 Å². The second kappa shape index (κ2) is 6.59. The lowest BCUT2D eigenvalue weighted by atomic mass is 9.90. The first-order valence-corrected chi connectivity index (χ1v) is 7.61. The molecule has 1 aliphatic rings. The highest BCUT2D eigenvalue weighted by molar-refractivity contribution is 9.10. The van der Waals surface area contributed by atoms with Crippen molar-refractivity contribution in [2.24, 2.45) is 5.92 Å². The summed E-state index contributed by atoms with van der Waals surface area (Å²) in [7, 11) is 1.66. The largest absolute Gasteiger partial charge is 0.496 e. The predicted octanol–water partition coefficient (Wildman–Crippen LogP) is 3.14. The van der Waals surface area contributed by atoms with Gasteiger partial charge < -0.3 is 9.84 Å². The zero-order chi connectivity index (χ0) is 14.7. The molecule has 0 radical (unpaired) electrons. The minimum atomic E-state index is -0.690. The molecular formula is C15H20BrNO3. The third-order valence-electron chi connectivity index (χ3n) is 4.06. The summed E-state index contributed by atoms with van der Waals surface area (Å²) < 4.78 is 6.38. The Bertz CT molecular complexity index is 492. The highest BCUT2D eigenvalue weighted by Crippen LogP contribution is 2.29. The van der Waals surface area contributed by atoms with E-state index in [2.05, 4.69) is 20.8 Å². The third-order valence-corrected chi connectivity index (χ3v) is 4.55. The Morgan fingerprint density at radius 1 is 1.55 bits per heavy atom. The highest BCUT2D eigenvalue weighted by Gasteiger charge is 2.32. The van der Waals surface area contributed by atoms with E-state index in [-0.39, 0.29) is 12.0 Å². The van der Waals surface area contributed by atoms with Crippen molar-refractivity contribution in [1.82, 2.24) is 4.90 Å². The SMILES string of the molecule is COc1cc(Br)ccc1CN1CCC[C@H](C(=O)O)[C@@H]1C. The number of carboxylic acids is 1. The Hall–Kier alpha value is -1.07. The van der Waals surface area contributed by atoms with Crippen LogP contribution >= 0.6 is 15.9 Å². The molecule has 0 spiro atoms. The van der Waals surface area contributed by atoms with Gasteiger partial charge in [-0.25, -0.2) is 0 Å². The molecule has 1 aromatic rings. The zero-order valence-corrected chi connectivity index (χ0v) is 13.4. The number of halogens is 1. The quantitative estimate of drug-likeness (QED) is 0.913. The van der Waals surface area contributed by atoms with Gasteiger partial charge in [0.1, 0.15) is 5.75 Å². The summed E-state index contributed by atoms with van der Waals surface area (Å²) in [4.78, 5) is 13.5. The molecule has 1 aromatic carbocycles. The van der Waals surface area contributed by atoms with Gasteiger partial charge in [-0.2, -0.15) is 0 Å².